The van der Waals surface area contributed by atoms with Gasteiger partial charge in [0.1, 0.15) is 4.90 Å². The lowest BCUT2D eigenvalue weighted by atomic mass is 10.1. The third-order valence-electron chi connectivity index (χ3n) is 5.45. The van der Waals surface area contributed by atoms with E-state index in [0.717, 1.165) is 12.8 Å². The maximum atomic E-state index is 13.2. The lowest BCUT2D eigenvalue weighted by Crippen LogP contribution is -2.36. The van der Waals surface area contributed by atoms with E-state index in [4.69, 9.17) is 36.9 Å². The van der Waals surface area contributed by atoms with Gasteiger partial charge in [-0.3, -0.25) is 4.79 Å². The van der Waals surface area contributed by atoms with Crippen LogP contribution in [0.3, 0.4) is 0 Å². The third-order valence-corrected chi connectivity index (χ3v) is 8.28. The normalized spacial score (nSPS) is 15.7. The second kappa shape index (κ2) is 11.2. The van der Waals surface area contributed by atoms with E-state index in [1.54, 1.807) is 29.2 Å². The van der Waals surface area contributed by atoms with Gasteiger partial charge in [0.05, 0.1) is 28.1 Å². The molecule has 7 nitrogen and oxygen atoms in total. The van der Waals surface area contributed by atoms with E-state index in [9.17, 15) is 13.2 Å². The Labute approximate surface area is 218 Å². The summed E-state index contributed by atoms with van der Waals surface area (Å²) in [5.41, 5.74) is 0.674. The molecule has 0 bridgehead atoms. The molecule has 1 saturated heterocycles. The van der Waals surface area contributed by atoms with Crippen LogP contribution in [0.1, 0.15) is 28.1 Å². The molecule has 0 N–H and O–H groups in total. The summed E-state index contributed by atoms with van der Waals surface area (Å²) in [6, 6.07) is 12.4. The fourth-order valence-electron chi connectivity index (χ4n) is 3.71. The van der Waals surface area contributed by atoms with E-state index >= 15 is 0 Å². The average Bonchev–Trinajstić information content (AvgIpc) is 3.54. The van der Waals surface area contributed by atoms with Crippen molar-refractivity contribution in [2.75, 3.05) is 20.3 Å². The van der Waals surface area contributed by atoms with Crippen molar-refractivity contribution in [1.29, 1.82) is 0 Å². The average molecular weight is 556 g/mol. The van der Waals surface area contributed by atoms with Crippen LogP contribution in [-0.2, 0) is 21.4 Å². The van der Waals surface area contributed by atoms with Crippen LogP contribution in [0.5, 0.6) is 11.5 Å². The maximum absolute atomic E-state index is 13.2. The van der Waals surface area contributed by atoms with Crippen LogP contribution in [0.15, 0.2) is 58.8 Å². The minimum Gasteiger partial charge on any atom is -0.493 e. The first-order valence-corrected chi connectivity index (χ1v) is 13.8. The van der Waals surface area contributed by atoms with E-state index in [2.05, 4.69) is 0 Å². The zero-order valence-electron chi connectivity index (χ0n) is 18.8. The lowest BCUT2D eigenvalue weighted by molar-refractivity contribution is 0.0511. The molecule has 0 spiro atoms. The van der Waals surface area contributed by atoms with Gasteiger partial charge in [-0.05, 0) is 60.2 Å². The second-order valence-electron chi connectivity index (χ2n) is 7.90. The summed E-state index contributed by atoms with van der Waals surface area (Å²) in [5, 5.41) is 2.17. The summed E-state index contributed by atoms with van der Waals surface area (Å²) >= 11 is 13.3. The van der Waals surface area contributed by atoms with Gasteiger partial charge in [0.15, 0.2) is 11.5 Å². The first-order valence-electron chi connectivity index (χ1n) is 10.8. The Kier molecular flexibility index (Phi) is 8.23. The van der Waals surface area contributed by atoms with Crippen molar-refractivity contribution in [2.24, 2.45) is 0 Å². The van der Waals surface area contributed by atoms with Gasteiger partial charge in [-0.2, -0.15) is 8.42 Å². The Bertz CT molecular complexity index is 1290. The van der Waals surface area contributed by atoms with Gasteiger partial charge >= 0.3 is 10.1 Å². The number of benzene rings is 2. The van der Waals surface area contributed by atoms with Crippen LogP contribution in [0.2, 0.25) is 10.0 Å². The number of nitrogens with zero attached hydrogens (tertiary/aromatic N) is 1. The number of amides is 1. The predicted octanol–water partition coefficient (Wildman–Crippen LogP) is 5.65. The molecule has 1 atom stereocenters. The van der Waals surface area contributed by atoms with E-state index in [-0.39, 0.29) is 45.0 Å². The van der Waals surface area contributed by atoms with Crippen LogP contribution < -0.4 is 8.92 Å². The molecule has 186 valence electrons. The Morgan fingerprint density at radius 3 is 2.63 bits per heavy atom. The second-order valence-corrected chi connectivity index (χ2v) is 11.2. The van der Waals surface area contributed by atoms with Gasteiger partial charge in [-0.25, -0.2) is 0 Å². The molecule has 1 aliphatic heterocycles. The highest BCUT2D eigenvalue weighted by atomic mass is 35.5. The van der Waals surface area contributed by atoms with Crippen molar-refractivity contribution in [3.8, 4) is 11.5 Å². The Morgan fingerprint density at radius 1 is 1.14 bits per heavy atom. The molecule has 1 fully saturated rings. The molecule has 4 rings (SSSR count). The highest BCUT2D eigenvalue weighted by Gasteiger charge is 2.25. The quantitative estimate of drug-likeness (QED) is 0.317. The van der Waals surface area contributed by atoms with E-state index in [0.29, 0.717) is 23.6 Å². The molecule has 2 aromatic carbocycles. The van der Waals surface area contributed by atoms with E-state index in [1.807, 2.05) is 11.4 Å². The first kappa shape index (κ1) is 25.8. The molecular formula is C24H23Cl2NO6S2. The zero-order chi connectivity index (χ0) is 25.0. The Morgan fingerprint density at radius 2 is 1.97 bits per heavy atom. The lowest BCUT2D eigenvalue weighted by Gasteiger charge is -2.25. The van der Waals surface area contributed by atoms with Gasteiger partial charge in [0.25, 0.3) is 5.91 Å². The number of hydrogen-bond acceptors (Lipinski definition) is 7. The highest BCUT2D eigenvalue weighted by molar-refractivity contribution is 7.87. The molecule has 1 aromatic heterocycles. The van der Waals surface area contributed by atoms with Crippen molar-refractivity contribution in [3.63, 3.8) is 0 Å². The number of halogens is 2. The Balaban J connectivity index is 1.60. The topological polar surface area (TPSA) is 82.1 Å². The van der Waals surface area contributed by atoms with Crippen LogP contribution in [0.4, 0.5) is 0 Å². The first-order chi connectivity index (χ1) is 16.8. The molecule has 1 amide bonds. The van der Waals surface area contributed by atoms with Gasteiger partial charge in [-0.1, -0.05) is 35.3 Å². The van der Waals surface area contributed by atoms with Gasteiger partial charge < -0.3 is 18.6 Å². The number of carbonyl (C=O) groups excluding carboxylic acids is 1. The molecule has 0 unspecified atom stereocenters. The number of thiophene rings is 1. The summed E-state index contributed by atoms with van der Waals surface area (Å²) in [7, 11) is -2.81. The molecule has 2 heterocycles. The van der Waals surface area contributed by atoms with E-state index < -0.39 is 10.1 Å². The molecule has 0 radical (unpaired) electrons. The summed E-state index contributed by atoms with van der Waals surface area (Å²) in [5.74, 6) is 0.113. The van der Waals surface area contributed by atoms with Gasteiger partial charge in [-0.15, -0.1) is 11.3 Å². The predicted molar refractivity (Wildman–Crippen MR) is 135 cm³/mol. The zero-order valence-corrected chi connectivity index (χ0v) is 21.9. The number of methoxy groups -OCH3 is 1. The van der Waals surface area contributed by atoms with Crippen LogP contribution in [0, 0.1) is 0 Å². The summed E-state index contributed by atoms with van der Waals surface area (Å²) in [6.45, 7) is 1.35. The van der Waals surface area contributed by atoms with Gasteiger partial charge in [0, 0.05) is 19.7 Å². The minimum atomic E-state index is -4.22. The standard InChI is InChI=1S/C24H23Cl2NO6S2/c1-31-21-9-6-16(12-22(21)33-35(29,30)18-7-8-19(25)20(26)13-18)14-27(15-17-4-2-10-32-17)24(28)23-5-3-11-34-23/h3,5-9,11-13,17H,2,4,10,14-15H2,1H3/t17-/m0/s1. The SMILES string of the molecule is COc1ccc(CN(C[C@@H]2CCCO2)C(=O)c2cccs2)cc1OS(=O)(=O)c1ccc(Cl)c(Cl)c1. The molecule has 0 saturated carbocycles. The summed E-state index contributed by atoms with van der Waals surface area (Å²) < 4.78 is 42.3. The molecule has 3 aromatic rings. The summed E-state index contributed by atoms with van der Waals surface area (Å²) in [6.07, 6.45) is 1.80. The molecule has 1 aliphatic rings. The van der Waals surface area contributed by atoms with Crippen molar-refractivity contribution in [2.45, 2.75) is 30.4 Å². The maximum Gasteiger partial charge on any atom is 0.339 e. The smallest absolute Gasteiger partial charge is 0.339 e. The number of carbonyl (C=O) groups is 1. The van der Waals surface area contributed by atoms with Crippen LogP contribution >= 0.6 is 34.5 Å². The van der Waals surface area contributed by atoms with Crippen molar-refractivity contribution in [3.05, 3.63) is 74.4 Å². The van der Waals surface area contributed by atoms with Crippen molar-refractivity contribution in [1.82, 2.24) is 4.90 Å². The third kappa shape index (κ3) is 6.29. The fourth-order valence-corrected chi connectivity index (χ4v) is 5.73. The number of ether oxygens (including phenoxy) is 2. The molecule has 35 heavy (non-hydrogen) atoms. The van der Waals surface area contributed by atoms with Crippen molar-refractivity contribution >= 4 is 50.6 Å². The fraction of sp³-hybridized carbons (Fsp3) is 0.292. The highest BCUT2D eigenvalue weighted by Crippen LogP contribution is 2.33. The van der Waals surface area contributed by atoms with Gasteiger partial charge in [0.2, 0.25) is 0 Å². The monoisotopic (exact) mass is 555 g/mol. The Hall–Kier alpha value is -2.30. The van der Waals surface area contributed by atoms with Crippen LogP contribution in [-0.4, -0.2) is 45.6 Å². The molecular weight excluding hydrogens is 533 g/mol. The molecule has 11 heteroatoms. The minimum absolute atomic E-state index is 0.00304. The summed E-state index contributed by atoms with van der Waals surface area (Å²) in [4.78, 5) is 15.4. The van der Waals surface area contributed by atoms with Crippen molar-refractivity contribution < 1.29 is 26.9 Å². The number of rotatable bonds is 9. The van der Waals surface area contributed by atoms with E-state index in [1.165, 1.54) is 36.6 Å². The van der Waals surface area contributed by atoms with Crippen LogP contribution in [0.25, 0.3) is 0 Å². The molecule has 0 aliphatic carbocycles. The largest absolute Gasteiger partial charge is 0.493 e. The number of hydrogen-bond donors (Lipinski definition) is 0.